The summed E-state index contributed by atoms with van der Waals surface area (Å²) < 4.78 is 15.7. The summed E-state index contributed by atoms with van der Waals surface area (Å²) in [7, 11) is 0. The molecule has 1 saturated carbocycles. The Morgan fingerprint density at radius 3 is 2.62 bits per heavy atom. The number of benzene rings is 2. The van der Waals surface area contributed by atoms with Crippen LogP contribution in [-0.4, -0.2) is 33.6 Å². The van der Waals surface area contributed by atoms with E-state index in [1.54, 1.807) is 16.7 Å². The summed E-state index contributed by atoms with van der Waals surface area (Å²) in [5.41, 5.74) is 9.89. The molecule has 1 fully saturated rings. The molecule has 2 aliphatic rings. The molecule has 1 amide bonds. The normalized spacial score (nSPS) is 20.9. The Morgan fingerprint density at radius 2 is 1.88 bits per heavy atom. The molecule has 32 heavy (non-hydrogen) atoms. The standard InChI is InChI=1S/C25H26FN3O3/c26-15-5-11-19-22(13-15)29-21(2-1-3-23(29)31)24(19)14-4-10-18(25(27)32)20(12-14)28-16-6-8-17(30)9-7-16/h4-5,10-13,16-17,28,30H,1-3,6-9H2,(H2,27,32). The van der Waals surface area contributed by atoms with Crippen LogP contribution in [-0.2, 0) is 6.42 Å². The van der Waals surface area contributed by atoms with Crippen molar-refractivity contribution in [1.82, 2.24) is 4.57 Å². The number of fused-ring (bicyclic) bond motifs is 3. The van der Waals surface area contributed by atoms with Crippen LogP contribution in [0.15, 0.2) is 36.4 Å². The van der Waals surface area contributed by atoms with Crippen molar-refractivity contribution in [2.45, 2.75) is 57.1 Å². The Hall–Kier alpha value is -3.19. The molecule has 4 N–H and O–H groups in total. The number of carbonyl (C=O) groups excluding carboxylic acids is 2. The SMILES string of the molecule is NC(=O)c1ccc(-c2c3n(c4cc(F)ccc24)C(=O)CCC3)cc1NC1CCC(O)CC1. The lowest BCUT2D eigenvalue weighted by atomic mass is 9.92. The molecule has 0 unspecified atom stereocenters. The molecule has 3 aromatic rings. The smallest absolute Gasteiger partial charge is 0.250 e. The van der Waals surface area contributed by atoms with Crippen molar-refractivity contribution >= 4 is 28.4 Å². The zero-order valence-electron chi connectivity index (χ0n) is 17.7. The Kier molecular flexibility index (Phi) is 5.21. The number of nitrogens with two attached hydrogens (primary N) is 1. The van der Waals surface area contributed by atoms with Gasteiger partial charge in [0.1, 0.15) is 5.82 Å². The summed E-state index contributed by atoms with van der Waals surface area (Å²) in [6.07, 6.45) is 4.69. The number of aromatic nitrogens is 1. The summed E-state index contributed by atoms with van der Waals surface area (Å²) in [4.78, 5) is 24.8. The first-order chi connectivity index (χ1) is 15.4. The van der Waals surface area contributed by atoms with Crippen molar-refractivity contribution in [1.29, 1.82) is 0 Å². The summed E-state index contributed by atoms with van der Waals surface area (Å²) in [6.45, 7) is 0. The van der Waals surface area contributed by atoms with E-state index in [9.17, 15) is 19.1 Å². The van der Waals surface area contributed by atoms with E-state index in [4.69, 9.17) is 5.73 Å². The Morgan fingerprint density at radius 1 is 1.09 bits per heavy atom. The zero-order chi connectivity index (χ0) is 22.4. The van der Waals surface area contributed by atoms with Crippen LogP contribution in [0.5, 0.6) is 0 Å². The summed E-state index contributed by atoms with van der Waals surface area (Å²) in [5.74, 6) is -0.925. The van der Waals surface area contributed by atoms with Gasteiger partial charge in [-0.05, 0) is 74.4 Å². The average molecular weight is 435 g/mol. The molecule has 2 aromatic carbocycles. The molecular weight excluding hydrogens is 409 g/mol. The van der Waals surface area contributed by atoms with Gasteiger partial charge in [0.05, 0.1) is 17.2 Å². The lowest BCUT2D eigenvalue weighted by Crippen LogP contribution is -2.29. The first kappa shape index (κ1) is 20.7. The van der Waals surface area contributed by atoms with E-state index in [1.165, 1.54) is 12.1 Å². The molecule has 1 aromatic heterocycles. The molecule has 166 valence electrons. The van der Waals surface area contributed by atoms with Crippen molar-refractivity contribution in [3.05, 3.63) is 53.5 Å². The monoisotopic (exact) mass is 435 g/mol. The molecule has 1 aliphatic carbocycles. The van der Waals surface area contributed by atoms with E-state index in [2.05, 4.69) is 5.32 Å². The van der Waals surface area contributed by atoms with Crippen molar-refractivity contribution in [2.75, 3.05) is 5.32 Å². The maximum Gasteiger partial charge on any atom is 0.250 e. The van der Waals surface area contributed by atoms with Gasteiger partial charge in [-0.2, -0.15) is 0 Å². The van der Waals surface area contributed by atoms with Crippen molar-refractivity contribution < 1.29 is 19.1 Å². The van der Waals surface area contributed by atoms with Gasteiger partial charge in [-0.25, -0.2) is 4.39 Å². The van der Waals surface area contributed by atoms with Gasteiger partial charge < -0.3 is 16.2 Å². The maximum absolute atomic E-state index is 14.0. The third kappa shape index (κ3) is 3.56. The number of primary amides is 1. The maximum atomic E-state index is 14.0. The fourth-order valence-electron chi connectivity index (χ4n) is 5.15. The second kappa shape index (κ2) is 8.06. The van der Waals surface area contributed by atoms with Gasteiger partial charge in [-0.3, -0.25) is 14.2 Å². The number of nitrogens with one attached hydrogen (secondary N) is 1. The van der Waals surface area contributed by atoms with Crippen LogP contribution in [0.2, 0.25) is 0 Å². The minimum atomic E-state index is -0.518. The quantitative estimate of drug-likeness (QED) is 0.571. The summed E-state index contributed by atoms with van der Waals surface area (Å²) >= 11 is 0. The van der Waals surface area contributed by atoms with Crippen LogP contribution >= 0.6 is 0 Å². The molecule has 1 aliphatic heterocycles. The second-order valence-corrected chi connectivity index (χ2v) is 8.84. The van der Waals surface area contributed by atoms with Crippen LogP contribution in [0.25, 0.3) is 22.0 Å². The van der Waals surface area contributed by atoms with Crippen molar-refractivity contribution in [3.63, 3.8) is 0 Å². The fraction of sp³-hybridized carbons (Fsp3) is 0.360. The molecule has 7 heteroatoms. The van der Waals surface area contributed by atoms with Gasteiger partial charge >= 0.3 is 0 Å². The predicted molar refractivity (Wildman–Crippen MR) is 121 cm³/mol. The third-order valence-corrected chi connectivity index (χ3v) is 6.71. The van der Waals surface area contributed by atoms with Crippen molar-refractivity contribution in [3.8, 4) is 11.1 Å². The fourth-order valence-corrected chi connectivity index (χ4v) is 5.15. The third-order valence-electron chi connectivity index (χ3n) is 6.71. The van der Waals surface area contributed by atoms with E-state index in [1.807, 2.05) is 12.1 Å². The van der Waals surface area contributed by atoms with Crippen LogP contribution < -0.4 is 11.1 Å². The Labute approximate surface area is 185 Å². The predicted octanol–water partition coefficient (Wildman–Crippen LogP) is 4.24. The van der Waals surface area contributed by atoms with Crippen LogP contribution in [0.4, 0.5) is 10.1 Å². The first-order valence-corrected chi connectivity index (χ1v) is 11.2. The van der Waals surface area contributed by atoms with Gasteiger partial charge in [0.15, 0.2) is 0 Å². The number of nitrogens with zero attached hydrogens (tertiary/aromatic N) is 1. The van der Waals surface area contributed by atoms with Gasteiger partial charge in [-0.1, -0.05) is 6.07 Å². The Balaban J connectivity index is 1.64. The molecule has 0 atom stereocenters. The van der Waals surface area contributed by atoms with E-state index < -0.39 is 5.91 Å². The number of aliphatic hydroxyl groups excluding tert-OH is 1. The number of carbonyl (C=O) groups is 2. The average Bonchev–Trinajstić information content (AvgIpc) is 3.09. The highest BCUT2D eigenvalue weighted by Gasteiger charge is 2.27. The van der Waals surface area contributed by atoms with Crippen molar-refractivity contribution in [2.24, 2.45) is 5.73 Å². The molecule has 5 rings (SSSR count). The molecule has 0 saturated heterocycles. The lowest BCUT2D eigenvalue weighted by Gasteiger charge is -2.28. The highest BCUT2D eigenvalue weighted by atomic mass is 19.1. The number of rotatable bonds is 4. The largest absolute Gasteiger partial charge is 0.393 e. The number of anilines is 1. The molecule has 0 bridgehead atoms. The molecule has 2 heterocycles. The number of halogens is 1. The zero-order valence-corrected chi connectivity index (χ0v) is 17.7. The first-order valence-electron chi connectivity index (χ1n) is 11.2. The molecule has 6 nitrogen and oxygen atoms in total. The van der Waals surface area contributed by atoms with Gasteiger partial charge in [-0.15, -0.1) is 0 Å². The topological polar surface area (TPSA) is 97.4 Å². The molecular formula is C25H26FN3O3. The van der Waals surface area contributed by atoms with E-state index in [0.717, 1.165) is 47.9 Å². The number of aliphatic hydroxyl groups is 1. The molecule has 0 radical (unpaired) electrons. The van der Waals surface area contributed by atoms with E-state index in [-0.39, 0.29) is 23.9 Å². The minimum Gasteiger partial charge on any atom is -0.393 e. The van der Waals surface area contributed by atoms with E-state index in [0.29, 0.717) is 36.0 Å². The summed E-state index contributed by atoms with van der Waals surface area (Å²) in [6, 6.07) is 10.1. The molecule has 0 spiro atoms. The van der Waals surface area contributed by atoms with Crippen LogP contribution in [0.3, 0.4) is 0 Å². The van der Waals surface area contributed by atoms with E-state index >= 15 is 0 Å². The highest BCUT2D eigenvalue weighted by Crippen LogP contribution is 2.40. The Bertz CT molecular complexity index is 1220. The summed E-state index contributed by atoms with van der Waals surface area (Å²) in [5, 5.41) is 14.1. The number of hydrogen-bond acceptors (Lipinski definition) is 4. The van der Waals surface area contributed by atoms with Crippen LogP contribution in [0, 0.1) is 5.82 Å². The second-order valence-electron chi connectivity index (χ2n) is 8.84. The van der Waals surface area contributed by atoms with Gasteiger partial charge in [0.25, 0.3) is 5.91 Å². The minimum absolute atomic E-state index is 0.0269. The highest BCUT2D eigenvalue weighted by molar-refractivity contribution is 6.06. The number of hydrogen-bond donors (Lipinski definition) is 3. The lowest BCUT2D eigenvalue weighted by molar-refractivity contribution is 0.0889. The van der Waals surface area contributed by atoms with Gasteiger partial charge in [0, 0.05) is 34.8 Å². The van der Waals surface area contributed by atoms with Gasteiger partial charge in [0.2, 0.25) is 5.91 Å². The van der Waals surface area contributed by atoms with Crippen LogP contribution in [0.1, 0.15) is 59.4 Å². The number of amides is 1.